The smallest absolute Gasteiger partial charge is 0.240 e. The molecule has 0 aromatic heterocycles. The molecule has 8 heteroatoms. The van der Waals surface area contributed by atoms with Gasteiger partial charge in [0.25, 0.3) is 0 Å². The van der Waals surface area contributed by atoms with Crippen LogP contribution < -0.4 is 14.4 Å². The van der Waals surface area contributed by atoms with E-state index in [1.165, 1.54) is 12.7 Å². The summed E-state index contributed by atoms with van der Waals surface area (Å²) in [5.41, 5.74) is 1.68. The number of rotatable bonds is 11. The highest BCUT2D eigenvalue weighted by molar-refractivity contribution is 7.98. The number of amides is 1. The van der Waals surface area contributed by atoms with Crippen molar-refractivity contribution < 1.29 is 17.9 Å². The van der Waals surface area contributed by atoms with E-state index in [-0.39, 0.29) is 12.5 Å². The Morgan fingerprint density at radius 3 is 2.57 bits per heavy atom. The van der Waals surface area contributed by atoms with E-state index in [2.05, 4.69) is 17.4 Å². The molecule has 2 rings (SSSR count). The van der Waals surface area contributed by atoms with Gasteiger partial charge < -0.3 is 10.1 Å². The van der Waals surface area contributed by atoms with E-state index in [1.54, 1.807) is 36.0 Å². The van der Waals surface area contributed by atoms with Crippen LogP contribution in [0.25, 0.3) is 0 Å². The van der Waals surface area contributed by atoms with Crippen LogP contribution in [0.1, 0.15) is 12.0 Å². The van der Waals surface area contributed by atoms with Crippen molar-refractivity contribution in [2.75, 3.05) is 36.5 Å². The lowest BCUT2D eigenvalue weighted by molar-refractivity contribution is -0.119. The third kappa shape index (κ3) is 7.44. The predicted molar refractivity (Wildman–Crippen MR) is 115 cm³/mol. The number of anilines is 1. The van der Waals surface area contributed by atoms with Gasteiger partial charge in [0.05, 0.1) is 19.1 Å². The molecule has 0 unspecified atom stereocenters. The second-order valence-corrected chi connectivity index (χ2v) is 9.22. The number of hydrogen-bond acceptors (Lipinski definition) is 5. The number of nitrogens with zero attached hydrogens (tertiary/aromatic N) is 1. The number of nitrogens with one attached hydrogen (secondary N) is 1. The summed E-state index contributed by atoms with van der Waals surface area (Å²) in [6.45, 7) is 0.249. The van der Waals surface area contributed by atoms with Crippen molar-refractivity contribution >= 4 is 33.4 Å². The predicted octanol–water partition coefficient (Wildman–Crippen LogP) is 2.90. The third-order valence-electron chi connectivity index (χ3n) is 3.93. The summed E-state index contributed by atoms with van der Waals surface area (Å²) in [7, 11) is -2.09. The SMILES string of the molecule is COc1cccc(N(CC(=O)NCCCSCc2ccccc2)S(C)(=O)=O)c1. The fourth-order valence-corrected chi connectivity index (χ4v) is 4.29. The van der Waals surface area contributed by atoms with Crippen LogP contribution in [0.2, 0.25) is 0 Å². The molecule has 28 heavy (non-hydrogen) atoms. The van der Waals surface area contributed by atoms with Crippen LogP contribution in [-0.2, 0) is 20.6 Å². The van der Waals surface area contributed by atoms with Crippen molar-refractivity contribution in [2.24, 2.45) is 0 Å². The van der Waals surface area contributed by atoms with E-state index >= 15 is 0 Å². The van der Waals surface area contributed by atoms with E-state index in [0.29, 0.717) is 18.0 Å². The van der Waals surface area contributed by atoms with Crippen LogP contribution in [0.4, 0.5) is 5.69 Å². The molecular weight excluding hydrogens is 396 g/mol. The number of carbonyl (C=O) groups excluding carboxylic acids is 1. The first-order chi connectivity index (χ1) is 13.4. The zero-order valence-corrected chi connectivity index (χ0v) is 17.8. The second-order valence-electron chi connectivity index (χ2n) is 6.21. The first-order valence-electron chi connectivity index (χ1n) is 8.90. The lowest BCUT2D eigenvalue weighted by Crippen LogP contribution is -2.40. The highest BCUT2D eigenvalue weighted by Crippen LogP contribution is 2.22. The summed E-state index contributed by atoms with van der Waals surface area (Å²) in [5, 5.41) is 2.79. The average Bonchev–Trinajstić information content (AvgIpc) is 2.68. The first-order valence-corrected chi connectivity index (χ1v) is 11.9. The summed E-state index contributed by atoms with van der Waals surface area (Å²) >= 11 is 1.81. The molecule has 0 radical (unpaired) electrons. The Kier molecular flexibility index (Phi) is 8.66. The molecule has 0 fully saturated rings. The lowest BCUT2D eigenvalue weighted by Gasteiger charge is -2.22. The zero-order chi connectivity index (χ0) is 20.4. The van der Waals surface area contributed by atoms with Gasteiger partial charge in [-0.05, 0) is 29.9 Å². The highest BCUT2D eigenvalue weighted by atomic mass is 32.2. The molecule has 0 aliphatic carbocycles. The molecule has 2 aromatic rings. The number of carbonyl (C=O) groups is 1. The number of hydrogen-bond donors (Lipinski definition) is 1. The standard InChI is InChI=1S/C20H26N2O4S2/c1-26-19-11-6-10-18(14-19)22(28(2,24)25)15-20(23)21-12-7-13-27-16-17-8-4-3-5-9-17/h3-6,8-11,14H,7,12-13,15-16H2,1-2H3,(H,21,23). The number of thioether (sulfide) groups is 1. The van der Waals surface area contributed by atoms with Crippen LogP contribution in [-0.4, -0.2) is 46.5 Å². The number of ether oxygens (including phenoxy) is 1. The molecular formula is C20H26N2O4S2. The monoisotopic (exact) mass is 422 g/mol. The lowest BCUT2D eigenvalue weighted by atomic mass is 10.2. The maximum atomic E-state index is 12.2. The van der Waals surface area contributed by atoms with Crippen molar-refractivity contribution in [1.82, 2.24) is 5.32 Å². The summed E-state index contributed by atoms with van der Waals surface area (Å²) in [6.07, 6.45) is 1.90. The molecule has 0 aliphatic rings. The third-order valence-corrected chi connectivity index (χ3v) is 6.18. The van der Waals surface area contributed by atoms with Gasteiger partial charge in [-0.2, -0.15) is 11.8 Å². The molecule has 6 nitrogen and oxygen atoms in total. The van der Waals surface area contributed by atoms with E-state index in [9.17, 15) is 13.2 Å². The number of benzene rings is 2. The summed E-state index contributed by atoms with van der Waals surface area (Å²) in [6, 6.07) is 16.9. The Bertz CT molecular complexity index is 858. The summed E-state index contributed by atoms with van der Waals surface area (Å²) < 4.78 is 30.4. The molecule has 0 heterocycles. The van der Waals surface area contributed by atoms with Gasteiger partial charge >= 0.3 is 0 Å². The fraction of sp³-hybridized carbons (Fsp3) is 0.350. The van der Waals surface area contributed by atoms with Crippen molar-refractivity contribution in [3.05, 3.63) is 60.2 Å². The Labute approximate surface area is 171 Å². The largest absolute Gasteiger partial charge is 0.497 e. The highest BCUT2D eigenvalue weighted by Gasteiger charge is 2.21. The molecule has 2 aromatic carbocycles. The molecule has 0 saturated carbocycles. The Morgan fingerprint density at radius 2 is 1.89 bits per heavy atom. The second kappa shape index (κ2) is 11.0. The van der Waals surface area contributed by atoms with E-state index < -0.39 is 10.0 Å². The van der Waals surface area contributed by atoms with Gasteiger partial charge in [0.1, 0.15) is 12.3 Å². The first kappa shape index (κ1) is 22.1. The molecule has 0 spiro atoms. The van der Waals surface area contributed by atoms with Crippen molar-refractivity contribution in [1.29, 1.82) is 0 Å². The summed E-state index contributed by atoms with van der Waals surface area (Å²) in [5.74, 6) is 2.05. The maximum absolute atomic E-state index is 12.2. The van der Waals surface area contributed by atoms with E-state index in [0.717, 1.165) is 28.5 Å². The summed E-state index contributed by atoms with van der Waals surface area (Å²) in [4.78, 5) is 12.2. The average molecular weight is 423 g/mol. The Balaban J connectivity index is 1.78. The van der Waals surface area contributed by atoms with Crippen molar-refractivity contribution in [3.63, 3.8) is 0 Å². The zero-order valence-electron chi connectivity index (χ0n) is 16.1. The molecule has 0 saturated heterocycles. The molecule has 0 bridgehead atoms. The molecule has 1 N–H and O–H groups in total. The van der Waals surface area contributed by atoms with Gasteiger partial charge in [0.15, 0.2) is 0 Å². The van der Waals surface area contributed by atoms with Crippen LogP contribution in [0, 0.1) is 0 Å². The van der Waals surface area contributed by atoms with Gasteiger partial charge in [-0.15, -0.1) is 0 Å². The van der Waals surface area contributed by atoms with Gasteiger partial charge in [-0.25, -0.2) is 8.42 Å². The van der Waals surface area contributed by atoms with E-state index in [1.807, 2.05) is 18.2 Å². The van der Waals surface area contributed by atoms with Gasteiger partial charge in [-0.3, -0.25) is 9.10 Å². The molecule has 152 valence electrons. The minimum Gasteiger partial charge on any atom is -0.497 e. The van der Waals surface area contributed by atoms with Crippen LogP contribution in [0.15, 0.2) is 54.6 Å². The minimum absolute atomic E-state index is 0.261. The van der Waals surface area contributed by atoms with Crippen LogP contribution >= 0.6 is 11.8 Å². The van der Waals surface area contributed by atoms with E-state index in [4.69, 9.17) is 4.74 Å². The molecule has 0 aliphatic heterocycles. The maximum Gasteiger partial charge on any atom is 0.240 e. The quantitative estimate of drug-likeness (QED) is 0.564. The molecule has 0 atom stereocenters. The van der Waals surface area contributed by atoms with Crippen molar-refractivity contribution in [3.8, 4) is 5.75 Å². The van der Waals surface area contributed by atoms with Gasteiger partial charge in [0, 0.05) is 18.4 Å². The Morgan fingerprint density at radius 1 is 1.14 bits per heavy atom. The fourth-order valence-electron chi connectivity index (χ4n) is 2.52. The number of sulfonamides is 1. The minimum atomic E-state index is -3.60. The van der Waals surface area contributed by atoms with Crippen LogP contribution in [0.5, 0.6) is 5.75 Å². The number of methoxy groups -OCH3 is 1. The normalized spacial score (nSPS) is 11.1. The van der Waals surface area contributed by atoms with Crippen LogP contribution in [0.3, 0.4) is 0 Å². The molecule has 1 amide bonds. The van der Waals surface area contributed by atoms with Gasteiger partial charge in [-0.1, -0.05) is 36.4 Å². The van der Waals surface area contributed by atoms with Crippen molar-refractivity contribution in [2.45, 2.75) is 12.2 Å². The topological polar surface area (TPSA) is 75.7 Å². The Hall–Kier alpha value is -2.19. The van der Waals surface area contributed by atoms with Gasteiger partial charge in [0.2, 0.25) is 15.9 Å².